The van der Waals surface area contributed by atoms with Gasteiger partial charge in [0.25, 0.3) is 0 Å². The Labute approximate surface area is 149 Å². The van der Waals surface area contributed by atoms with E-state index in [0.717, 1.165) is 24.2 Å². The van der Waals surface area contributed by atoms with Crippen LogP contribution in [-0.2, 0) is 25.5 Å². The molecule has 0 amide bonds. The molecule has 0 radical (unpaired) electrons. The number of pyridine rings is 1. The van der Waals surface area contributed by atoms with Crippen LogP contribution in [0.2, 0.25) is 0 Å². The van der Waals surface area contributed by atoms with Crippen molar-refractivity contribution in [3.05, 3.63) is 29.1 Å². The highest BCUT2D eigenvalue weighted by Crippen LogP contribution is 2.06. The van der Waals surface area contributed by atoms with E-state index in [2.05, 4.69) is 31.9 Å². The average Bonchev–Trinajstić information content (AvgIpc) is 2.53. The van der Waals surface area contributed by atoms with Crippen LogP contribution in [0.5, 0.6) is 0 Å². The number of rotatable bonds is 9. The predicted molar refractivity (Wildman–Crippen MR) is 95.3 cm³/mol. The van der Waals surface area contributed by atoms with Crippen molar-refractivity contribution in [3.8, 4) is 0 Å². The van der Waals surface area contributed by atoms with Crippen molar-refractivity contribution in [2.75, 3.05) is 32.9 Å². The van der Waals surface area contributed by atoms with E-state index in [1.54, 1.807) is 13.8 Å². The van der Waals surface area contributed by atoms with Gasteiger partial charge >= 0.3 is 11.9 Å². The number of esters is 2. The first kappa shape index (κ1) is 23.0. The minimum atomic E-state index is -0.369. The number of nitrogens with one attached hydrogen (secondary N) is 1. The summed E-state index contributed by atoms with van der Waals surface area (Å²) in [6, 6.07) is 4.14. The van der Waals surface area contributed by atoms with Crippen LogP contribution in [0.1, 0.15) is 37.2 Å². The molecule has 0 spiro atoms. The highest BCUT2D eigenvalue weighted by atomic mass is 16.5. The van der Waals surface area contributed by atoms with Gasteiger partial charge in [0.05, 0.1) is 26.3 Å². The summed E-state index contributed by atoms with van der Waals surface area (Å²) < 4.78 is 9.26. The molecule has 7 nitrogen and oxygen atoms in total. The molecular weight excluding hydrogens is 324 g/mol. The van der Waals surface area contributed by atoms with Gasteiger partial charge in [0.15, 0.2) is 0 Å². The van der Waals surface area contributed by atoms with Gasteiger partial charge in [-0.2, -0.15) is 0 Å². The van der Waals surface area contributed by atoms with Crippen LogP contribution in [0, 0.1) is 13.8 Å². The van der Waals surface area contributed by atoms with Crippen molar-refractivity contribution in [1.82, 2.24) is 10.3 Å². The molecule has 0 saturated heterocycles. The van der Waals surface area contributed by atoms with Crippen LogP contribution in [0.4, 0.5) is 0 Å². The molecule has 2 N–H and O–H groups in total. The average molecular weight is 354 g/mol. The maximum Gasteiger partial charge on any atom is 0.319 e. The van der Waals surface area contributed by atoms with Crippen molar-refractivity contribution < 1.29 is 24.2 Å². The summed E-state index contributed by atoms with van der Waals surface area (Å²) in [7, 11) is 0. The molecule has 0 aliphatic carbocycles. The van der Waals surface area contributed by atoms with Crippen molar-refractivity contribution in [2.24, 2.45) is 0 Å². The van der Waals surface area contributed by atoms with Gasteiger partial charge in [0.1, 0.15) is 0 Å². The molecule has 0 aromatic carbocycles. The molecule has 0 fully saturated rings. The maximum atomic E-state index is 10.7. The highest BCUT2D eigenvalue weighted by Gasteiger charge is 2.04. The second-order valence-electron chi connectivity index (χ2n) is 5.30. The standard InChI is InChI=1S/C10H15NO.C8H15NO4/c1-8-6-10(4-3-5-12)7-9(2)11-8;1-3-12-7(10)5-9-6-8(11)13-4-2/h6-7,12H,3-5H2,1-2H3;9H,3-6H2,1-2H3. The number of carbonyl (C=O) groups is 2. The van der Waals surface area contributed by atoms with Gasteiger partial charge in [-0.3, -0.25) is 19.9 Å². The summed E-state index contributed by atoms with van der Waals surface area (Å²) in [4.78, 5) is 25.8. The number of aromatic nitrogens is 1. The minimum Gasteiger partial charge on any atom is -0.465 e. The molecule has 0 atom stereocenters. The van der Waals surface area contributed by atoms with Crippen LogP contribution in [0.3, 0.4) is 0 Å². The maximum absolute atomic E-state index is 10.7. The second kappa shape index (κ2) is 14.4. The normalized spacial score (nSPS) is 9.80. The largest absolute Gasteiger partial charge is 0.465 e. The Kier molecular flexibility index (Phi) is 13.2. The van der Waals surface area contributed by atoms with E-state index in [4.69, 9.17) is 5.11 Å². The first-order valence-electron chi connectivity index (χ1n) is 8.49. The lowest BCUT2D eigenvalue weighted by molar-refractivity contribution is -0.143. The quantitative estimate of drug-likeness (QED) is 0.646. The third kappa shape index (κ3) is 13.0. The van der Waals surface area contributed by atoms with Gasteiger partial charge in [-0.15, -0.1) is 0 Å². The van der Waals surface area contributed by atoms with Crippen LogP contribution >= 0.6 is 0 Å². The highest BCUT2D eigenvalue weighted by molar-refractivity contribution is 5.74. The summed E-state index contributed by atoms with van der Waals surface area (Å²) in [5.41, 5.74) is 3.39. The lowest BCUT2D eigenvalue weighted by Crippen LogP contribution is -2.30. The van der Waals surface area contributed by atoms with Gasteiger partial charge in [-0.1, -0.05) is 0 Å². The summed E-state index contributed by atoms with van der Waals surface area (Å²) in [6.45, 7) is 8.47. The molecular formula is C18H30N2O5. The number of hydrogen-bond acceptors (Lipinski definition) is 7. The topological polar surface area (TPSA) is 97.8 Å². The molecule has 0 saturated carbocycles. The molecule has 0 unspecified atom stereocenters. The fourth-order valence-electron chi connectivity index (χ4n) is 2.04. The number of aliphatic hydroxyl groups excluding tert-OH is 1. The lowest BCUT2D eigenvalue weighted by Gasteiger charge is -2.03. The summed E-state index contributed by atoms with van der Waals surface area (Å²) in [5, 5.41) is 11.3. The monoisotopic (exact) mass is 354 g/mol. The third-order valence-corrected chi connectivity index (χ3v) is 2.91. The summed E-state index contributed by atoms with van der Waals surface area (Å²) >= 11 is 0. The first-order valence-corrected chi connectivity index (χ1v) is 8.49. The Morgan fingerprint density at radius 2 is 1.52 bits per heavy atom. The van der Waals surface area contributed by atoms with E-state index < -0.39 is 0 Å². The van der Waals surface area contributed by atoms with Crippen molar-refractivity contribution in [2.45, 2.75) is 40.5 Å². The zero-order valence-corrected chi connectivity index (χ0v) is 15.6. The lowest BCUT2D eigenvalue weighted by atomic mass is 10.1. The molecule has 1 rings (SSSR count). The zero-order valence-electron chi connectivity index (χ0n) is 15.6. The number of ether oxygens (including phenoxy) is 2. The van der Waals surface area contributed by atoms with Crippen LogP contribution in [-0.4, -0.2) is 54.9 Å². The van der Waals surface area contributed by atoms with Crippen LogP contribution < -0.4 is 5.32 Å². The molecule has 0 aliphatic rings. The second-order valence-corrected chi connectivity index (χ2v) is 5.30. The molecule has 0 bridgehead atoms. The first-order chi connectivity index (χ1) is 11.9. The van der Waals surface area contributed by atoms with Crippen molar-refractivity contribution in [3.63, 3.8) is 0 Å². The number of hydrogen-bond donors (Lipinski definition) is 2. The van der Waals surface area contributed by atoms with E-state index in [1.807, 2.05) is 13.8 Å². The molecule has 7 heteroatoms. The molecule has 25 heavy (non-hydrogen) atoms. The Morgan fingerprint density at radius 3 is 1.92 bits per heavy atom. The SMILES string of the molecule is CCOC(=O)CNCC(=O)OCC.Cc1cc(CCCO)cc(C)n1. The number of carbonyl (C=O) groups excluding carboxylic acids is 2. The smallest absolute Gasteiger partial charge is 0.319 e. The molecule has 142 valence electrons. The molecule has 1 aromatic rings. The van der Waals surface area contributed by atoms with E-state index in [0.29, 0.717) is 13.2 Å². The molecule has 1 heterocycles. The van der Waals surface area contributed by atoms with E-state index >= 15 is 0 Å². The summed E-state index contributed by atoms with van der Waals surface area (Å²) in [6.07, 6.45) is 1.78. The van der Waals surface area contributed by atoms with Gasteiger partial charge < -0.3 is 14.6 Å². The van der Waals surface area contributed by atoms with Gasteiger partial charge in [-0.25, -0.2) is 0 Å². The fourth-order valence-corrected chi connectivity index (χ4v) is 2.04. The fraction of sp³-hybridized carbons (Fsp3) is 0.611. The van der Waals surface area contributed by atoms with Crippen LogP contribution in [0.15, 0.2) is 12.1 Å². The van der Waals surface area contributed by atoms with Crippen LogP contribution in [0.25, 0.3) is 0 Å². The van der Waals surface area contributed by atoms with E-state index in [9.17, 15) is 9.59 Å². The van der Waals surface area contributed by atoms with Gasteiger partial charge in [-0.05, 0) is 58.2 Å². The van der Waals surface area contributed by atoms with Crippen molar-refractivity contribution >= 4 is 11.9 Å². The van der Waals surface area contributed by atoms with E-state index in [1.165, 1.54) is 5.56 Å². The van der Waals surface area contributed by atoms with Crippen molar-refractivity contribution in [1.29, 1.82) is 0 Å². The Hall–Kier alpha value is -1.99. The minimum absolute atomic E-state index is 0.0344. The summed E-state index contributed by atoms with van der Waals surface area (Å²) in [5.74, 6) is -0.737. The van der Waals surface area contributed by atoms with E-state index in [-0.39, 0.29) is 31.6 Å². The van der Waals surface area contributed by atoms with Gasteiger partial charge in [0, 0.05) is 18.0 Å². The predicted octanol–water partition coefficient (Wildman–Crippen LogP) is 1.33. The molecule has 0 aliphatic heterocycles. The Morgan fingerprint density at radius 1 is 1.04 bits per heavy atom. The number of aryl methyl sites for hydroxylation is 3. The number of nitrogens with zero attached hydrogens (tertiary/aromatic N) is 1. The Bertz CT molecular complexity index is 482. The zero-order chi connectivity index (χ0) is 19.1. The Balaban J connectivity index is 0.000000462. The van der Waals surface area contributed by atoms with Gasteiger partial charge in [0.2, 0.25) is 0 Å². The molecule has 1 aromatic heterocycles. The third-order valence-electron chi connectivity index (χ3n) is 2.91. The number of aliphatic hydroxyl groups is 1.